The summed E-state index contributed by atoms with van der Waals surface area (Å²) in [4.78, 5) is 0. The van der Waals surface area contributed by atoms with Crippen LogP contribution in [0.5, 0.6) is 0 Å². The second-order valence-corrected chi connectivity index (χ2v) is 17.5. The van der Waals surface area contributed by atoms with Crippen molar-refractivity contribution in [2.45, 2.75) is 80.1 Å². The molecule has 0 atom stereocenters. The minimum absolute atomic E-state index is 1.02. The highest BCUT2D eigenvalue weighted by Gasteiger charge is 2.21. The molecular formula is C64H58. The molecule has 0 aliphatic carbocycles. The third-order valence-electron chi connectivity index (χ3n) is 14.2. The predicted octanol–water partition coefficient (Wildman–Crippen LogP) is 18.0. The number of benzene rings is 10. The van der Waals surface area contributed by atoms with Crippen LogP contribution < -0.4 is 0 Å². The number of fused-ring (bicyclic) bond motifs is 4. The molecule has 0 unspecified atom stereocenters. The maximum Gasteiger partial charge on any atom is -0.00987 e. The largest absolute Gasteiger partial charge is 0.0616 e. The zero-order chi connectivity index (χ0) is 43.9. The highest BCUT2D eigenvalue weighted by atomic mass is 14.2. The fourth-order valence-corrected chi connectivity index (χ4v) is 10.9. The molecule has 0 bridgehead atoms. The van der Waals surface area contributed by atoms with Gasteiger partial charge in [-0.2, -0.15) is 0 Å². The van der Waals surface area contributed by atoms with Crippen molar-refractivity contribution in [1.82, 2.24) is 0 Å². The molecule has 0 aliphatic rings. The van der Waals surface area contributed by atoms with Crippen molar-refractivity contribution in [3.63, 3.8) is 0 Å². The van der Waals surface area contributed by atoms with E-state index in [1.807, 2.05) is 0 Å². The molecule has 0 amide bonds. The van der Waals surface area contributed by atoms with Crippen LogP contribution >= 0.6 is 0 Å². The first-order valence-corrected chi connectivity index (χ1v) is 23.9. The van der Waals surface area contributed by atoms with E-state index in [4.69, 9.17) is 0 Å². The molecule has 64 heavy (non-hydrogen) atoms. The molecule has 0 aromatic heterocycles. The Labute approximate surface area is 380 Å². The van der Waals surface area contributed by atoms with Crippen LogP contribution in [0.2, 0.25) is 0 Å². The van der Waals surface area contributed by atoms with Crippen LogP contribution in [0.4, 0.5) is 0 Å². The maximum atomic E-state index is 2.44. The van der Waals surface area contributed by atoms with Crippen molar-refractivity contribution in [2.24, 2.45) is 0 Å². The molecule has 0 nitrogen and oxygen atoms in total. The summed E-state index contributed by atoms with van der Waals surface area (Å²) >= 11 is 0. The lowest BCUT2D eigenvalue weighted by Crippen LogP contribution is -1.99. The standard InChI is InChI=1S/C64H58/c1-7-41-37-43(9-3)63(44(10-4)38-41)61-35-33-59(51-25-17-19-27-53(51)61)57-31-29-55(47-21-13-15-23-49(47)57)56-30-32-58(50-24-16-14-22-48(50)56)60-34-36-62(54-28-20-18-26-52(54)60)64-45(11-5)39-42(8-2)40-46(64)12-6/h13-40H,7-12H2,1-6H3. The second kappa shape index (κ2) is 17.4. The Morgan fingerprint density at radius 1 is 0.219 bits per heavy atom. The summed E-state index contributed by atoms with van der Waals surface area (Å²) in [6, 6.07) is 65.0. The van der Waals surface area contributed by atoms with Gasteiger partial charge in [-0.3, -0.25) is 0 Å². The lowest BCUT2D eigenvalue weighted by molar-refractivity contribution is 1.05. The Hall–Kier alpha value is -6.76. The van der Waals surface area contributed by atoms with E-state index in [0.717, 1.165) is 38.5 Å². The van der Waals surface area contributed by atoms with Gasteiger partial charge in [0.1, 0.15) is 0 Å². The molecular weight excluding hydrogens is 769 g/mol. The molecule has 0 fully saturated rings. The average molecular weight is 827 g/mol. The summed E-state index contributed by atoms with van der Waals surface area (Å²) in [6.07, 6.45) is 6.19. The van der Waals surface area contributed by atoms with E-state index in [-0.39, 0.29) is 0 Å². The highest BCUT2D eigenvalue weighted by Crippen LogP contribution is 2.46. The Bertz CT molecular complexity index is 3120. The summed E-state index contributed by atoms with van der Waals surface area (Å²) < 4.78 is 0. The first-order chi connectivity index (χ1) is 31.5. The van der Waals surface area contributed by atoms with E-state index in [2.05, 4.69) is 211 Å². The quantitative estimate of drug-likeness (QED) is 0.122. The lowest BCUT2D eigenvalue weighted by Gasteiger charge is -2.20. The van der Waals surface area contributed by atoms with Gasteiger partial charge in [-0.05, 0) is 171 Å². The third kappa shape index (κ3) is 6.92. The third-order valence-corrected chi connectivity index (χ3v) is 14.2. The van der Waals surface area contributed by atoms with E-state index in [1.54, 1.807) is 0 Å². The van der Waals surface area contributed by atoms with Gasteiger partial charge >= 0.3 is 0 Å². The van der Waals surface area contributed by atoms with Gasteiger partial charge in [0.25, 0.3) is 0 Å². The highest BCUT2D eigenvalue weighted by molar-refractivity contribution is 6.17. The minimum atomic E-state index is 1.02. The van der Waals surface area contributed by atoms with Crippen LogP contribution in [0.3, 0.4) is 0 Å². The maximum absolute atomic E-state index is 2.44. The molecule has 0 saturated carbocycles. The molecule has 0 saturated heterocycles. The molecule has 314 valence electrons. The van der Waals surface area contributed by atoms with E-state index in [1.165, 1.54) is 132 Å². The predicted molar refractivity (Wildman–Crippen MR) is 280 cm³/mol. The molecule has 10 rings (SSSR count). The van der Waals surface area contributed by atoms with Gasteiger partial charge in [0.2, 0.25) is 0 Å². The van der Waals surface area contributed by atoms with Crippen LogP contribution in [-0.2, 0) is 38.5 Å². The average Bonchev–Trinajstić information content (AvgIpc) is 3.36. The fourth-order valence-electron chi connectivity index (χ4n) is 10.9. The van der Waals surface area contributed by atoms with E-state index >= 15 is 0 Å². The molecule has 0 spiro atoms. The van der Waals surface area contributed by atoms with Crippen LogP contribution in [0.15, 0.2) is 170 Å². The van der Waals surface area contributed by atoms with Gasteiger partial charge in [0.05, 0.1) is 0 Å². The summed E-state index contributed by atoms with van der Waals surface area (Å²) in [6.45, 7) is 13.7. The Kier molecular flexibility index (Phi) is 11.2. The van der Waals surface area contributed by atoms with Gasteiger partial charge in [-0.25, -0.2) is 0 Å². The molecule has 0 aliphatic heterocycles. The fraction of sp³-hybridized carbons (Fsp3) is 0.188. The minimum Gasteiger partial charge on any atom is -0.0616 e. The summed E-state index contributed by atoms with van der Waals surface area (Å²) in [5, 5.41) is 10.3. The van der Waals surface area contributed by atoms with Crippen LogP contribution in [0, 0.1) is 0 Å². The van der Waals surface area contributed by atoms with Crippen molar-refractivity contribution in [3.05, 3.63) is 203 Å². The number of rotatable bonds is 11. The summed E-state index contributed by atoms with van der Waals surface area (Å²) in [5.41, 5.74) is 21.8. The van der Waals surface area contributed by atoms with Crippen molar-refractivity contribution in [3.8, 4) is 55.6 Å². The van der Waals surface area contributed by atoms with Gasteiger partial charge < -0.3 is 0 Å². The van der Waals surface area contributed by atoms with Crippen molar-refractivity contribution in [2.75, 3.05) is 0 Å². The van der Waals surface area contributed by atoms with Crippen molar-refractivity contribution < 1.29 is 0 Å². The normalized spacial score (nSPS) is 11.7. The summed E-state index contributed by atoms with van der Waals surface area (Å²) in [7, 11) is 0. The van der Waals surface area contributed by atoms with Crippen LogP contribution in [0.1, 0.15) is 74.9 Å². The molecule has 0 heterocycles. The monoisotopic (exact) mass is 826 g/mol. The van der Waals surface area contributed by atoms with Gasteiger partial charge in [0.15, 0.2) is 0 Å². The SMILES string of the molecule is CCc1cc(CC)c(-c2ccc(-c3ccc(-c4ccc(-c5ccc(-c6c(CC)cc(CC)cc6CC)c6ccccc56)c5ccccc45)c4ccccc34)c3ccccc23)c(CC)c1. The first-order valence-electron chi connectivity index (χ1n) is 23.9. The van der Waals surface area contributed by atoms with E-state index in [9.17, 15) is 0 Å². The van der Waals surface area contributed by atoms with Gasteiger partial charge in [-0.1, -0.05) is 211 Å². The Morgan fingerprint density at radius 2 is 0.406 bits per heavy atom. The number of hydrogen-bond donors (Lipinski definition) is 0. The lowest BCUT2D eigenvalue weighted by atomic mass is 9.83. The van der Waals surface area contributed by atoms with Gasteiger partial charge in [-0.15, -0.1) is 0 Å². The zero-order valence-corrected chi connectivity index (χ0v) is 38.4. The molecule has 0 radical (unpaired) electrons. The first kappa shape index (κ1) is 41.3. The molecule has 10 aromatic carbocycles. The van der Waals surface area contributed by atoms with Crippen molar-refractivity contribution >= 4 is 43.1 Å². The summed E-state index contributed by atoms with van der Waals surface area (Å²) in [5.74, 6) is 0. The molecule has 10 aromatic rings. The Balaban J connectivity index is 1.12. The van der Waals surface area contributed by atoms with E-state index in [0.29, 0.717) is 0 Å². The molecule has 0 N–H and O–H groups in total. The second-order valence-electron chi connectivity index (χ2n) is 17.5. The van der Waals surface area contributed by atoms with Crippen molar-refractivity contribution in [1.29, 1.82) is 0 Å². The smallest absolute Gasteiger partial charge is 0.00987 e. The number of hydrogen-bond acceptors (Lipinski definition) is 0. The Morgan fingerprint density at radius 3 is 0.594 bits per heavy atom. The topological polar surface area (TPSA) is 0 Å². The van der Waals surface area contributed by atoms with E-state index < -0.39 is 0 Å². The molecule has 0 heteroatoms. The van der Waals surface area contributed by atoms with Crippen LogP contribution in [-0.4, -0.2) is 0 Å². The zero-order valence-electron chi connectivity index (χ0n) is 38.4. The number of aryl methyl sites for hydroxylation is 6. The van der Waals surface area contributed by atoms with Gasteiger partial charge in [0, 0.05) is 0 Å². The van der Waals surface area contributed by atoms with Crippen LogP contribution in [0.25, 0.3) is 98.7 Å².